The number of carbonyl (C=O) groups excluding carboxylic acids is 1. The van der Waals surface area contributed by atoms with Gasteiger partial charge >= 0.3 is 0 Å². The first-order valence-corrected chi connectivity index (χ1v) is 11.7. The van der Waals surface area contributed by atoms with E-state index < -0.39 is 0 Å². The minimum Gasteiger partial charge on any atom is -0.454 e. The topological polar surface area (TPSA) is 85.2 Å². The maximum Gasteiger partial charge on any atom is 0.267 e. The lowest BCUT2D eigenvalue weighted by atomic mass is 10.2. The number of thioether (sulfide) groups is 1. The molecule has 4 heterocycles. The molecule has 168 valence electrons. The van der Waals surface area contributed by atoms with Gasteiger partial charge in [0.15, 0.2) is 11.5 Å². The van der Waals surface area contributed by atoms with Crippen molar-refractivity contribution in [3.8, 4) is 11.5 Å². The first-order chi connectivity index (χ1) is 16.0. The van der Waals surface area contributed by atoms with Gasteiger partial charge in [-0.1, -0.05) is 43.0 Å². The van der Waals surface area contributed by atoms with Crippen LogP contribution in [-0.4, -0.2) is 37.8 Å². The number of fused-ring (bicyclic) bond motifs is 2. The van der Waals surface area contributed by atoms with Gasteiger partial charge in [-0.05, 0) is 42.3 Å². The molecular formula is C23H20N4O4S2. The number of pyridine rings is 1. The molecule has 33 heavy (non-hydrogen) atoms. The van der Waals surface area contributed by atoms with Crippen molar-refractivity contribution in [3.63, 3.8) is 0 Å². The van der Waals surface area contributed by atoms with Crippen molar-refractivity contribution in [1.82, 2.24) is 14.3 Å². The second-order valence-electron chi connectivity index (χ2n) is 7.48. The lowest BCUT2D eigenvalue weighted by Crippen LogP contribution is -2.28. The van der Waals surface area contributed by atoms with Crippen molar-refractivity contribution in [3.05, 3.63) is 69.0 Å². The average Bonchev–Trinajstić information content (AvgIpc) is 3.39. The highest BCUT2D eigenvalue weighted by Gasteiger charge is 2.32. The minimum atomic E-state index is -0.269. The Kier molecular flexibility index (Phi) is 5.77. The molecule has 0 unspecified atom stereocenters. The molecule has 1 aromatic carbocycles. The molecule has 1 fully saturated rings. The zero-order chi connectivity index (χ0) is 22.9. The molecule has 0 spiro atoms. The fourth-order valence-corrected chi connectivity index (χ4v) is 4.94. The summed E-state index contributed by atoms with van der Waals surface area (Å²) in [5.74, 6) is 1.59. The SMILES string of the molecule is CCCN1C(=O)C(=Cc2c(NCc3ccc4c(c3)OCO4)nc3ccccn3c2=O)SC1=S. The first kappa shape index (κ1) is 21.5. The number of ether oxygens (including phenoxy) is 2. The summed E-state index contributed by atoms with van der Waals surface area (Å²) in [6.45, 7) is 3.14. The van der Waals surface area contributed by atoms with E-state index in [2.05, 4.69) is 10.3 Å². The molecule has 2 aliphatic heterocycles. The van der Waals surface area contributed by atoms with Crippen molar-refractivity contribution in [1.29, 1.82) is 0 Å². The second kappa shape index (κ2) is 8.87. The summed E-state index contributed by atoms with van der Waals surface area (Å²) < 4.78 is 12.8. The number of rotatable bonds is 6. The van der Waals surface area contributed by atoms with Gasteiger partial charge in [0, 0.05) is 19.3 Å². The van der Waals surface area contributed by atoms with Gasteiger partial charge in [-0.3, -0.25) is 18.9 Å². The van der Waals surface area contributed by atoms with E-state index in [1.165, 1.54) is 16.2 Å². The number of thiocarbonyl (C=S) groups is 1. The fraction of sp³-hybridized carbons (Fsp3) is 0.217. The summed E-state index contributed by atoms with van der Waals surface area (Å²) in [7, 11) is 0. The number of hydrogen-bond acceptors (Lipinski definition) is 8. The van der Waals surface area contributed by atoms with Crippen LogP contribution in [0.3, 0.4) is 0 Å². The van der Waals surface area contributed by atoms with Crippen LogP contribution < -0.4 is 20.3 Å². The fourth-order valence-electron chi connectivity index (χ4n) is 3.65. The molecule has 3 aromatic rings. The monoisotopic (exact) mass is 480 g/mol. The smallest absolute Gasteiger partial charge is 0.267 e. The number of nitrogens with one attached hydrogen (secondary N) is 1. The van der Waals surface area contributed by atoms with Gasteiger partial charge in [0.25, 0.3) is 11.5 Å². The van der Waals surface area contributed by atoms with Gasteiger partial charge in [-0.2, -0.15) is 0 Å². The van der Waals surface area contributed by atoms with Crippen molar-refractivity contribution in [2.75, 3.05) is 18.7 Å². The Labute approximate surface area is 199 Å². The molecule has 1 amide bonds. The Balaban J connectivity index is 1.52. The van der Waals surface area contributed by atoms with Crippen LogP contribution in [0.25, 0.3) is 11.7 Å². The van der Waals surface area contributed by atoms with E-state index in [4.69, 9.17) is 21.7 Å². The lowest BCUT2D eigenvalue weighted by Gasteiger charge is -2.12. The molecule has 2 aliphatic rings. The molecule has 0 radical (unpaired) electrons. The third-order valence-corrected chi connectivity index (χ3v) is 6.64. The van der Waals surface area contributed by atoms with Gasteiger partial charge in [0.2, 0.25) is 6.79 Å². The van der Waals surface area contributed by atoms with Crippen LogP contribution in [-0.2, 0) is 11.3 Å². The molecule has 0 atom stereocenters. The van der Waals surface area contributed by atoms with Crippen LogP contribution in [0, 0.1) is 0 Å². The van der Waals surface area contributed by atoms with Gasteiger partial charge in [0.1, 0.15) is 15.8 Å². The quantitative estimate of drug-likeness (QED) is 0.423. The van der Waals surface area contributed by atoms with Crippen LogP contribution in [0.5, 0.6) is 11.5 Å². The molecular weight excluding hydrogens is 460 g/mol. The summed E-state index contributed by atoms with van der Waals surface area (Å²) in [4.78, 5) is 32.8. The van der Waals surface area contributed by atoms with Crippen molar-refractivity contribution < 1.29 is 14.3 Å². The van der Waals surface area contributed by atoms with Gasteiger partial charge < -0.3 is 14.8 Å². The maximum atomic E-state index is 13.3. The zero-order valence-electron chi connectivity index (χ0n) is 17.7. The van der Waals surface area contributed by atoms with Crippen LogP contribution >= 0.6 is 24.0 Å². The van der Waals surface area contributed by atoms with E-state index in [0.29, 0.717) is 50.8 Å². The molecule has 0 saturated carbocycles. The molecule has 5 rings (SSSR count). The highest BCUT2D eigenvalue weighted by atomic mass is 32.2. The Morgan fingerprint density at radius 3 is 2.91 bits per heavy atom. The number of nitrogens with zero attached hydrogens (tertiary/aromatic N) is 3. The molecule has 8 nitrogen and oxygen atoms in total. The van der Waals surface area contributed by atoms with Crippen molar-refractivity contribution >= 4 is 51.7 Å². The average molecular weight is 481 g/mol. The van der Waals surface area contributed by atoms with E-state index in [-0.39, 0.29) is 18.3 Å². The number of hydrogen-bond donors (Lipinski definition) is 1. The second-order valence-corrected chi connectivity index (χ2v) is 9.16. The van der Waals surface area contributed by atoms with E-state index in [9.17, 15) is 9.59 Å². The summed E-state index contributed by atoms with van der Waals surface area (Å²) >= 11 is 6.57. The predicted molar refractivity (Wildman–Crippen MR) is 132 cm³/mol. The number of carbonyl (C=O) groups is 1. The van der Waals surface area contributed by atoms with Gasteiger partial charge in [-0.25, -0.2) is 4.98 Å². The minimum absolute atomic E-state index is 0.189. The molecule has 0 bridgehead atoms. The van der Waals surface area contributed by atoms with Crippen LogP contribution in [0.2, 0.25) is 0 Å². The number of anilines is 1. The summed E-state index contributed by atoms with van der Waals surface area (Å²) in [5.41, 5.74) is 1.48. The maximum absolute atomic E-state index is 13.3. The summed E-state index contributed by atoms with van der Waals surface area (Å²) in [6.07, 6.45) is 4.04. The molecule has 2 aromatic heterocycles. The summed E-state index contributed by atoms with van der Waals surface area (Å²) in [5, 5.41) is 3.26. The number of aromatic nitrogens is 2. The number of benzene rings is 1. The Bertz CT molecular complexity index is 1370. The van der Waals surface area contributed by atoms with Crippen LogP contribution in [0.1, 0.15) is 24.5 Å². The first-order valence-electron chi connectivity index (χ1n) is 10.4. The Morgan fingerprint density at radius 1 is 1.21 bits per heavy atom. The van der Waals surface area contributed by atoms with Crippen molar-refractivity contribution in [2.24, 2.45) is 0 Å². The largest absolute Gasteiger partial charge is 0.454 e. The Morgan fingerprint density at radius 2 is 2.06 bits per heavy atom. The normalized spacial score (nSPS) is 16.3. The van der Waals surface area contributed by atoms with E-state index >= 15 is 0 Å². The molecule has 1 N–H and O–H groups in total. The van der Waals surface area contributed by atoms with Crippen LogP contribution in [0.4, 0.5) is 5.82 Å². The third-order valence-electron chi connectivity index (χ3n) is 5.26. The highest BCUT2D eigenvalue weighted by molar-refractivity contribution is 8.26. The van der Waals surface area contributed by atoms with Crippen LogP contribution in [0.15, 0.2) is 52.3 Å². The van der Waals surface area contributed by atoms with E-state index in [1.54, 1.807) is 29.3 Å². The predicted octanol–water partition coefficient (Wildman–Crippen LogP) is 3.65. The Hall–Kier alpha value is -3.37. The van der Waals surface area contributed by atoms with Gasteiger partial charge in [0.05, 0.1) is 10.5 Å². The molecule has 10 heteroatoms. The number of amides is 1. The molecule has 0 aliphatic carbocycles. The highest BCUT2D eigenvalue weighted by Crippen LogP contribution is 2.34. The standard InChI is InChI=1S/C23H20N4O4S2/c1-2-8-27-22(29)18(33-23(27)32)11-15-20(25-19-5-3-4-9-26(19)21(15)28)24-12-14-6-7-16-17(10-14)31-13-30-16/h3-7,9-11,24H,2,8,12-13H2,1H3. The van der Waals surface area contributed by atoms with Crippen molar-refractivity contribution in [2.45, 2.75) is 19.9 Å². The lowest BCUT2D eigenvalue weighted by molar-refractivity contribution is -0.122. The van der Waals surface area contributed by atoms with E-state index in [0.717, 1.165) is 12.0 Å². The summed E-state index contributed by atoms with van der Waals surface area (Å²) in [6, 6.07) is 11.0. The zero-order valence-corrected chi connectivity index (χ0v) is 19.4. The molecule has 1 saturated heterocycles. The van der Waals surface area contributed by atoms with Gasteiger partial charge in [-0.15, -0.1) is 0 Å². The third kappa shape index (κ3) is 4.07. The van der Waals surface area contributed by atoms with E-state index in [1.807, 2.05) is 31.2 Å².